The Hall–Kier alpha value is -4.98. The van der Waals surface area contributed by atoms with Crippen molar-refractivity contribution in [3.8, 4) is 29.0 Å². The van der Waals surface area contributed by atoms with E-state index in [-0.39, 0.29) is 25.7 Å². The first-order valence-corrected chi connectivity index (χ1v) is 11.6. The van der Waals surface area contributed by atoms with Crippen molar-refractivity contribution < 1.29 is 14.6 Å². The Morgan fingerprint density at radius 2 is 1.49 bits per heavy atom. The number of ether oxygens (including phenoxy) is 1. The Morgan fingerprint density at radius 1 is 0.919 bits per heavy atom. The predicted molar refractivity (Wildman–Crippen MR) is 138 cm³/mol. The average Bonchev–Trinajstić information content (AvgIpc) is 2.95. The van der Waals surface area contributed by atoms with Gasteiger partial charge in [-0.1, -0.05) is 36.4 Å². The molecule has 3 aromatic carbocycles. The third kappa shape index (κ3) is 5.99. The van der Waals surface area contributed by atoms with Crippen LogP contribution >= 0.6 is 0 Å². The van der Waals surface area contributed by atoms with Gasteiger partial charge in [-0.05, 0) is 65.6 Å². The molecule has 7 heteroatoms. The van der Waals surface area contributed by atoms with E-state index in [9.17, 15) is 9.90 Å². The van der Waals surface area contributed by atoms with Crippen LogP contribution in [0.1, 0.15) is 43.9 Å². The molecular formula is C30H24N4O3. The van der Waals surface area contributed by atoms with Crippen LogP contribution in [0.4, 0.5) is 0 Å². The number of hydrogen-bond acceptors (Lipinski definition) is 6. The zero-order chi connectivity index (χ0) is 26.2. The first-order chi connectivity index (χ1) is 18.0. The summed E-state index contributed by atoms with van der Waals surface area (Å²) >= 11 is 0. The Morgan fingerprint density at radius 3 is 2.05 bits per heavy atom. The summed E-state index contributed by atoms with van der Waals surface area (Å²) in [5.74, 6) is 0.223. The quantitative estimate of drug-likeness (QED) is 0.368. The van der Waals surface area contributed by atoms with Gasteiger partial charge in [0.1, 0.15) is 12.4 Å². The van der Waals surface area contributed by atoms with Crippen molar-refractivity contribution >= 4 is 5.91 Å². The number of nitrogens with one attached hydrogen (secondary N) is 1. The smallest absolute Gasteiger partial charge is 0.251 e. The van der Waals surface area contributed by atoms with Crippen molar-refractivity contribution in [3.05, 3.63) is 118 Å². The van der Waals surface area contributed by atoms with Gasteiger partial charge in [0, 0.05) is 23.9 Å². The maximum absolute atomic E-state index is 12.8. The second-order valence-electron chi connectivity index (χ2n) is 8.38. The topological polar surface area (TPSA) is 119 Å². The Bertz CT molecular complexity index is 1480. The van der Waals surface area contributed by atoms with Crippen LogP contribution in [0.2, 0.25) is 0 Å². The summed E-state index contributed by atoms with van der Waals surface area (Å²) in [5, 5.41) is 30.9. The van der Waals surface area contributed by atoms with Gasteiger partial charge < -0.3 is 15.2 Å². The molecule has 1 heterocycles. The number of aliphatic hydroxyl groups is 1. The minimum atomic E-state index is -0.267. The van der Waals surface area contributed by atoms with E-state index in [4.69, 9.17) is 15.3 Å². The molecule has 0 radical (unpaired) electrons. The van der Waals surface area contributed by atoms with Gasteiger partial charge in [0.2, 0.25) is 0 Å². The lowest BCUT2D eigenvalue weighted by molar-refractivity contribution is 0.0950. The molecule has 182 valence electrons. The molecule has 0 aliphatic heterocycles. The molecule has 0 fully saturated rings. The number of nitrogens with zero attached hydrogens (tertiary/aromatic N) is 3. The van der Waals surface area contributed by atoms with Gasteiger partial charge in [-0.15, -0.1) is 0 Å². The van der Waals surface area contributed by atoms with Gasteiger partial charge in [-0.3, -0.25) is 9.78 Å². The minimum Gasteiger partial charge on any atom is -0.487 e. The van der Waals surface area contributed by atoms with Gasteiger partial charge >= 0.3 is 0 Å². The van der Waals surface area contributed by atoms with E-state index in [1.807, 2.05) is 36.4 Å². The zero-order valence-electron chi connectivity index (χ0n) is 20.2. The van der Waals surface area contributed by atoms with Gasteiger partial charge in [-0.25, -0.2) is 0 Å². The minimum absolute atomic E-state index is 0.173. The molecule has 0 unspecified atom stereocenters. The van der Waals surface area contributed by atoms with Crippen molar-refractivity contribution in [3.63, 3.8) is 0 Å². The fraction of sp³-hybridized carbons (Fsp3) is 0.133. The van der Waals surface area contributed by atoms with E-state index in [0.717, 1.165) is 16.7 Å². The zero-order valence-corrected chi connectivity index (χ0v) is 20.2. The van der Waals surface area contributed by atoms with Crippen molar-refractivity contribution in [2.24, 2.45) is 0 Å². The number of hydrogen-bond donors (Lipinski definition) is 2. The van der Waals surface area contributed by atoms with Gasteiger partial charge in [0.15, 0.2) is 0 Å². The fourth-order valence-electron chi connectivity index (χ4n) is 3.85. The van der Waals surface area contributed by atoms with Crippen LogP contribution in [-0.2, 0) is 19.8 Å². The Balaban J connectivity index is 1.43. The van der Waals surface area contributed by atoms with E-state index in [0.29, 0.717) is 39.3 Å². The number of aromatic nitrogens is 1. The molecular weight excluding hydrogens is 464 g/mol. The van der Waals surface area contributed by atoms with Crippen LogP contribution in [0.25, 0.3) is 11.1 Å². The number of aryl methyl sites for hydroxylation is 1. The molecule has 1 aromatic heterocycles. The highest BCUT2D eigenvalue weighted by Gasteiger charge is 2.15. The molecule has 4 rings (SSSR count). The van der Waals surface area contributed by atoms with Gasteiger partial charge in [0.05, 0.1) is 35.6 Å². The normalized spacial score (nSPS) is 10.3. The van der Waals surface area contributed by atoms with Crippen LogP contribution in [0.15, 0.2) is 79.0 Å². The number of carbonyl (C=O) groups is 1. The number of amides is 1. The molecule has 0 atom stereocenters. The number of benzene rings is 3. The summed E-state index contributed by atoms with van der Waals surface area (Å²) < 4.78 is 5.98. The highest BCUT2D eigenvalue weighted by Crippen LogP contribution is 2.27. The van der Waals surface area contributed by atoms with E-state index in [1.54, 1.807) is 49.5 Å². The predicted octanol–water partition coefficient (Wildman–Crippen LogP) is 4.80. The van der Waals surface area contributed by atoms with Gasteiger partial charge in [-0.2, -0.15) is 10.5 Å². The van der Waals surface area contributed by atoms with E-state index in [2.05, 4.69) is 22.4 Å². The highest BCUT2D eigenvalue weighted by atomic mass is 16.5. The molecule has 1 amide bonds. The average molecular weight is 489 g/mol. The van der Waals surface area contributed by atoms with E-state index >= 15 is 0 Å². The fourth-order valence-corrected chi connectivity index (χ4v) is 3.85. The summed E-state index contributed by atoms with van der Waals surface area (Å²) in [6, 6.07) is 25.7. The van der Waals surface area contributed by atoms with Crippen LogP contribution in [0, 0.1) is 29.6 Å². The largest absolute Gasteiger partial charge is 0.487 e. The number of aliphatic hydroxyl groups excluding tert-OH is 1. The lowest BCUT2D eigenvalue weighted by Gasteiger charge is -2.16. The summed E-state index contributed by atoms with van der Waals surface area (Å²) in [5.41, 5.74) is 6.29. The van der Waals surface area contributed by atoms with Gasteiger partial charge in [0.25, 0.3) is 5.91 Å². The van der Waals surface area contributed by atoms with Crippen molar-refractivity contribution in [2.45, 2.75) is 26.7 Å². The van der Waals surface area contributed by atoms with Crippen molar-refractivity contribution in [2.75, 3.05) is 0 Å². The first kappa shape index (κ1) is 25.1. The standard InChI is InChI=1S/C30H24N4O3/c1-20-29(37-19-23-4-2-21(14-31)3-5-23)28(18-35)27(16-33-20)17-34-30(36)26-12-10-25(11-13-26)24-8-6-22(15-32)7-9-24/h2-13,16,35H,17-19H2,1H3,(H,34,36). The summed E-state index contributed by atoms with van der Waals surface area (Å²) in [6.45, 7) is 1.96. The summed E-state index contributed by atoms with van der Waals surface area (Å²) in [4.78, 5) is 17.2. The number of pyridine rings is 1. The number of rotatable bonds is 8. The Labute approximate surface area is 215 Å². The number of nitriles is 2. The SMILES string of the molecule is Cc1ncc(CNC(=O)c2ccc(-c3ccc(C#N)cc3)cc2)c(CO)c1OCc1ccc(C#N)cc1. The maximum Gasteiger partial charge on any atom is 0.251 e. The Kier molecular flexibility index (Phi) is 7.90. The van der Waals surface area contributed by atoms with Crippen molar-refractivity contribution in [1.29, 1.82) is 10.5 Å². The molecule has 0 saturated heterocycles. The molecule has 0 aliphatic rings. The highest BCUT2D eigenvalue weighted by molar-refractivity contribution is 5.94. The second-order valence-corrected chi connectivity index (χ2v) is 8.38. The summed E-state index contributed by atoms with van der Waals surface area (Å²) in [7, 11) is 0. The molecule has 0 spiro atoms. The lowest BCUT2D eigenvalue weighted by atomic mass is 10.0. The van der Waals surface area contributed by atoms with Crippen LogP contribution in [0.5, 0.6) is 5.75 Å². The molecule has 0 saturated carbocycles. The molecule has 2 N–H and O–H groups in total. The van der Waals surface area contributed by atoms with E-state index in [1.165, 1.54) is 0 Å². The van der Waals surface area contributed by atoms with E-state index < -0.39 is 0 Å². The van der Waals surface area contributed by atoms with Crippen LogP contribution < -0.4 is 10.1 Å². The molecule has 0 bridgehead atoms. The second kappa shape index (κ2) is 11.6. The van der Waals surface area contributed by atoms with Crippen LogP contribution in [0.3, 0.4) is 0 Å². The monoisotopic (exact) mass is 488 g/mol. The molecule has 0 aliphatic carbocycles. The summed E-state index contributed by atoms with van der Waals surface area (Å²) in [6.07, 6.45) is 1.63. The third-order valence-corrected chi connectivity index (χ3v) is 5.96. The first-order valence-electron chi connectivity index (χ1n) is 11.6. The van der Waals surface area contributed by atoms with Crippen molar-refractivity contribution in [1.82, 2.24) is 10.3 Å². The molecule has 37 heavy (non-hydrogen) atoms. The molecule has 7 nitrogen and oxygen atoms in total. The maximum atomic E-state index is 12.8. The lowest BCUT2D eigenvalue weighted by Crippen LogP contribution is -2.23. The van der Waals surface area contributed by atoms with Crippen LogP contribution in [-0.4, -0.2) is 16.0 Å². The number of carbonyl (C=O) groups excluding carboxylic acids is 1. The molecule has 4 aromatic rings. The third-order valence-electron chi connectivity index (χ3n) is 5.96.